The maximum absolute atomic E-state index is 6.54. The Morgan fingerprint density at radius 3 is 1.19 bits per heavy atom. The zero-order valence-electron chi connectivity index (χ0n) is 34.7. The highest BCUT2D eigenvalue weighted by Crippen LogP contribution is 2.54. The van der Waals surface area contributed by atoms with Crippen LogP contribution in [0.2, 0.25) is 0 Å². The van der Waals surface area contributed by atoms with Crippen molar-refractivity contribution in [1.29, 1.82) is 0 Å². The molecular weight excluding hydrogens is 853 g/mol. The Hall–Kier alpha value is -6.58. The first-order valence-electron chi connectivity index (χ1n) is 21.2. The van der Waals surface area contributed by atoms with Crippen molar-refractivity contribution in [3.05, 3.63) is 108 Å². The van der Waals surface area contributed by atoms with Gasteiger partial charge in [0.1, 0.15) is 75.9 Å². The molecule has 0 spiro atoms. The van der Waals surface area contributed by atoms with Crippen molar-refractivity contribution in [1.82, 2.24) is 9.97 Å². The summed E-state index contributed by atoms with van der Waals surface area (Å²) in [5.41, 5.74) is 6.99. The first kappa shape index (κ1) is 40.2. The van der Waals surface area contributed by atoms with Gasteiger partial charge in [-0.3, -0.25) is 0 Å². The summed E-state index contributed by atoms with van der Waals surface area (Å²) in [6, 6.07) is 32.4. The van der Waals surface area contributed by atoms with E-state index in [9.17, 15) is 0 Å². The Bertz CT molecular complexity index is 2730. The van der Waals surface area contributed by atoms with Crippen molar-refractivity contribution < 1.29 is 47.4 Å². The minimum absolute atomic E-state index is 0.291. The molecule has 4 aromatic carbocycles. The van der Waals surface area contributed by atoms with Crippen LogP contribution in [0.3, 0.4) is 0 Å². The van der Waals surface area contributed by atoms with E-state index in [1.165, 1.54) is 22.7 Å². The van der Waals surface area contributed by atoms with Crippen molar-refractivity contribution >= 4 is 44.5 Å². The fourth-order valence-electron chi connectivity index (χ4n) is 7.85. The first-order chi connectivity index (χ1) is 31.7. The number of aromatic nitrogens is 2. The largest absolute Gasteiger partial charge is 0.491 e. The fraction of sp³-hybridized carbons (Fsp3) is 0.240. The van der Waals surface area contributed by atoms with E-state index in [2.05, 4.69) is 24.3 Å². The Morgan fingerprint density at radius 1 is 0.359 bits per heavy atom. The second-order valence-corrected chi connectivity index (χ2v) is 16.8. The second-order valence-electron chi connectivity index (χ2n) is 15.0. The minimum atomic E-state index is 0.291. The molecule has 4 aromatic heterocycles. The lowest BCUT2D eigenvalue weighted by molar-refractivity contribution is 0.0758. The van der Waals surface area contributed by atoms with Gasteiger partial charge in [-0.25, -0.2) is 9.97 Å². The molecule has 0 fully saturated rings. The first-order valence-corrected chi connectivity index (χ1v) is 23.0. The smallest absolute Gasteiger partial charge is 0.180 e. The van der Waals surface area contributed by atoms with Crippen molar-refractivity contribution in [2.24, 2.45) is 0 Å². The number of hydrogen-bond donors (Lipinski definition) is 0. The van der Waals surface area contributed by atoms with Crippen LogP contribution in [-0.4, -0.2) is 89.3 Å². The summed E-state index contributed by atoms with van der Waals surface area (Å²) in [6.07, 6.45) is 0. The summed E-state index contributed by atoms with van der Waals surface area (Å²) in [5, 5.41) is 5.98. The number of fused-ring (bicyclic) bond motifs is 3. The molecule has 0 unspecified atom stereocenters. The van der Waals surface area contributed by atoms with E-state index in [-0.39, 0.29) is 0 Å². The third-order valence-electron chi connectivity index (χ3n) is 11.0. The van der Waals surface area contributed by atoms with Crippen molar-refractivity contribution in [2.75, 3.05) is 79.3 Å². The molecule has 0 aliphatic carbocycles. The van der Waals surface area contributed by atoms with Gasteiger partial charge in [-0.15, -0.1) is 22.7 Å². The van der Waals surface area contributed by atoms with Gasteiger partial charge in [-0.05, 0) is 72.8 Å². The van der Waals surface area contributed by atoms with E-state index in [0.717, 1.165) is 76.7 Å². The van der Waals surface area contributed by atoms with Crippen LogP contribution in [0.4, 0.5) is 0 Å². The van der Waals surface area contributed by atoms with Gasteiger partial charge in [-0.1, -0.05) is 24.3 Å². The number of thiophene rings is 2. The van der Waals surface area contributed by atoms with Gasteiger partial charge >= 0.3 is 0 Å². The molecule has 12 nitrogen and oxygen atoms in total. The predicted octanol–water partition coefficient (Wildman–Crippen LogP) is 10.4. The second kappa shape index (κ2) is 18.3. The van der Waals surface area contributed by atoms with E-state index in [1.807, 2.05) is 83.6 Å². The molecule has 7 aliphatic heterocycles. The maximum Gasteiger partial charge on any atom is 0.180 e. The Morgan fingerprint density at radius 2 is 0.734 bits per heavy atom. The molecule has 14 heteroatoms. The van der Waals surface area contributed by atoms with Crippen LogP contribution in [0.25, 0.3) is 65.2 Å². The lowest BCUT2D eigenvalue weighted by Gasteiger charge is -2.21. The molecule has 0 radical (unpaired) electrons. The normalized spacial score (nSPS) is 15.6. The zero-order valence-corrected chi connectivity index (χ0v) is 36.3. The molecule has 0 atom stereocenters. The molecule has 64 heavy (non-hydrogen) atoms. The van der Waals surface area contributed by atoms with Gasteiger partial charge < -0.3 is 47.4 Å². The highest BCUT2D eigenvalue weighted by Gasteiger charge is 2.28. The Kier molecular flexibility index (Phi) is 11.5. The van der Waals surface area contributed by atoms with Gasteiger partial charge in [0.15, 0.2) is 23.0 Å². The number of rotatable bonds is 2. The molecule has 7 aliphatic rings. The van der Waals surface area contributed by atoms with Crippen LogP contribution in [0.1, 0.15) is 0 Å². The molecule has 15 rings (SSSR count). The Balaban J connectivity index is 0.876. The molecule has 0 amide bonds. The average Bonchev–Trinajstić information content (AvgIpc) is 3.98. The summed E-state index contributed by atoms with van der Waals surface area (Å²) >= 11 is 3.07. The van der Waals surface area contributed by atoms with Crippen LogP contribution >= 0.6 is 22.7 Å². The zero-order chi connectivity index (χ0) is 42.7. The maximum atomic E-state index is 6.54. The fourth-order valence-corrected chi connectivity index (χ4v) is 9.75. The SMILES string of the molecule is c1cc2ccc1OCCOCCOc1cc(-c3scc4c3OCCO4)c(cc1-c1scc3c1OCCO3)OCCOCCOc1ccc(cc1)-c1ccc3ccc4ccc-2nc4c3n1. The molecular formula is C50H42N2O10S2. The minimum Gasteiger partial charge on any atom is -0.491 e. The monoisotopic (exact) mass is 894 g/mol. The van der Waals surface area contributed by atoms with Crippen LogP contribution in [-0.2, 0) is 9.47 Å². The summed E-state index contributed by atoms with van der Waals surface area (Å²) in [7, 11) is 0. The summed E-state index contributed by atoms with van der Waals surface area (Å²) in [5.74, 6) is 5.56. The number of benzene rings is 4. The molecule has 324 valence electrons. The van der Waals surface area contributed by atoms with E-state index in [1.54, 1.807) is 0 Å². The lowest BCUT2D eigenvalue weighted by atomic mass is 10.0. The molecule has 8 aromatic rings. The highest BCUT2D eigenvalue weighted by atomic mass is 32.1. The van der Waals surface area contributed by atoms with Crippen molar-refractivity contribution in [3.8, 4) is 89.4 Å². The summed E-state index contributed by atoms with van der Waals surface area (Å²) in [6.45, 7) is 4.67. The standard InChI is InChI=1S/C50H42N2O10S2/c1-2-34-8-14-40-32-5-11-36(12-6-32)56-20-16-54-18-22-58-42-28-37(49-47-43(29-63-49)59-23-25-61-47)41(27-38(42)50-48-44(30-64-50)60-24-26-62-48)57-21-17-53-15-19-55-35-9-3-31(4-10-35)39-13-7-33(1)45(51-39)46(34)52-40/h1-14,27-30H,15-26H2. The van der Waals surface area contributed by atoms with Gasteiger partial charge in [-0.2, -0.15) is 0 Å². The van der Waals surface area contributed by atoms with E-state index < -0.39 is 0 Å². The molecule has 10 bridgehead atoms. The van der Waals surface area contributed by atoms with Gasteiger partial charge in [0.05, 0.1) is 58.6 Å². The van der Waals surface area contributed by atoms with Crippen LogP contribution in [0.15, 0.2) is 108 Å². The third kappa shape index (κ3) is 8.32. The topological polar surface area (TPSA) is 118 Å². The molecule has 0 saturated heterocycles. The van der Waals surface area contributed by atoms with Crippen molar-refractivity contribution in [3.63, 3.8) is 0 Å². The highest BCUT2D eigenvalue weighted by molar-refractivity contribution is 7.14. The molecule has 11 heterocycles. The van der Waals surface area contributed by atoms with Crippen LogP contribution < -0.4 is 37.9 Å². The van der Waals surface area contributed by atoms with Gasteiger partial charge in [0, 0.05) is 43.8 Å². The van der Waals surface area contributed by atoms with E-state index in [0.29, 0.717) is 114 Å². The quantitative estimate of drug-likeness (QED) is 0.154. The van der Waals surface area contributed by atoms with E-state index >= 15 is 0 Å². The summed E-state index contributed by atoms with van der Waals surface area (Å²) < 4.78 is 61.4. The molecule has 0 saturated carbocycles. The third-order valence-corrected chi connectivity index (χ3v) is 12.9. The number of ether oxygens (including phenoxy) is 10. The van der Waals surface area contributed by atoms with Gasteiger partial charge in [0.2, 0.25) is 0 Å². The van der Waals surface area contributed by atoms with Crippen LogP contribution in [0, 0.1) is 0 Å². The predicted molar refractivity (Wildman–Crippen MR) is 247 cm³/mol. The van der Waals surface area contributed by atoms with E-state index in [4.69, 9.17) is 57.3 Å². The lowest BCUT2D eigenvalue weighted by Crippen LogP contribution is -2.15. The van der Waals surface area contributed by atoms with Gasteiger partial charge in [0.25, 0.3) is 0 Å². The Labute approximate surface area is 376 Å². The number of nitrogens with zero attached hydrogens (tertiary/aromatic N) is 2. The number of pyridine rings is 2. The van der Waals surface area contributed by atoms with Crippen molar-refractivity contribution in [2.45, 2.75) is 0 Å². The summed E-state index contributed by atoms with van der Waals surface area (Å²) in [4.78, 5) is 12.0. The molecule has 0 N–H and O–H groups in total. The van der Waals surface area contributed by atoms with Crippen LogP contribution in [0.5, 0.6) is 46.0 Å². The average molecular weight is 895 g/mol. The number of hydrogen-bond acceptors (Lipinski definition) is 14.